The van der Waals surface area contributed by atoms with E-state index >= 15 is 0 Å². The van der Waals surface area contributed by atoms with Gasteiger partial charge in [0.25, 0.3) is 5.91 Å². The predicted molar refractivity (Wildman–Crippen MR) is 55.0 cm³/mol. The normalized spacial score (nSPS) is 21.6. The number of carbonyl (C=O) groups excluding carboxylic acids is 1. The maximum absolute atomic E-state index is 11.8. The van der Waals surface area contributed by atoms with Gasteiger partial charge in [-0.1, -0.05) is 0 Å². The summed E-state index contributed by atoms with van der Waals surface area (Å²) in [5.41, 5.74) is 0.561. The van der Waals surface area contributed by atoms with Crippen LogP contribution < -0.4 is 0 Å². The van der Waals surface area contributed by atoms with Crippen molar-refractivity contribution in [3.8, 4) is 0 Å². The zero-order chi connectivity index (χ0) is 10.1. The Labute approximate surface area is 90.0 Å². The fraction of sp³-hybridized carbons (Fsp3) is 0.444. The van der Waals surface area contributed by atoms with Crippen LogP contribution in [0, 0.1) is 0 Å². The van der Waals surface area contributed by atoms with Crippen LogP contribution in [0.4, 0.5) is 0 Å². The molecular weight excluding hydrogens is 248 g/mol. The van der Waals surface area contributed by atoms with E-state index in [1.54, 1.807) is 17.2 Å². The number of amides is 1. The fourth-order valence-electron chi connectivity index (χ4n) is 1.59. The molecule has 2 rings (SSSR count). The zero-order valence-corrected chi connectivity index (χ0v) is 9.12. The number of nitrogens with zero attached hydrogens (tertiary/aromatic N) is 1. The van der Waals surface area contributed by atoms with Crippen LogP contribution >= 0.6 is 15.9 Å². The first-order valence-electron chi connectivity index (χ1n) is 4.48. The molecule has 0 saturated carbocycles. The summed E-state index contributed by atoms with van der Waals surface area (Å²) in [6, 6.07) is 1.74. The lowest BCUT2D eigenvalue weighted by Gasteiger charge is -2.13. The molecule has 0 spiro atoms. The molecule has 76 valence electrons. The van der Waals surface area contributed by atoms with E-state index in [1.807, 2.05) is 0 Å². The van der Waals surface area contributed by atoms with E-state index < -0.39 is 0 Å². The van der Waals surface area contributed by atoms with Gasteiger partial charge in [0.1, 0.15) is 5.69 Å². The minimum absolute atomic E-state index is 0.0488. The van der Waals surface area contributed by atoms with Crippen molar-refractivity contribution in [1.82, 2.24) is 9.88 Å². The Kier molecular flexibility index (Phi) is 2.60. The van der Waals surface area contributed by atoms with Gasteiger partial charge in [-0.25, -0.2) is 0 Å². The highest BCUT2D eigenvalue weighted by Crippen LogP contribution is 2.16. The van der Waals surface area contributed by atoms with E-state index in [0.717, 1.165) is 4.47 Å². The summed E-state index contributed by atoms with van der Waals surface area (Å²) in [7, 11) is 0. The van der Waals surface area contributed by atoms with Crippen LogP contribution in [0.1, 0.15) is 16.9 Å². The van der Waals surface area contributed by atoms with Crippen LogP contribution in [-0.4, -0.2) is 40.1 Å². The highest BCUT2D eigenvalue weighted by molar-refractivity contribution is 9.10. The molecule has 1 fully saturated rings. The third-order valence-electron chi connectivity index (χ3n) is 2.33. The van der Waals surface area contributed by atoms with E-state index in [9.17, 15) is 9.90 Å². The number of hydrogen-bond donors (Lipinski definition) is 2. The summed E-state index contributed by atoms with van der Waals surface area (Å²) >= 11 is 3.27. The number of hydrogen-bond acceptors (Lipinski definition) is 2. The van der Waals surface area contributed by atoms with Crippen LogP contribution in [0.25, 0.3) is 0 Å². The molecule has 0 radical (unpaired) electrons. The SMILES string of the molecule is O=C(c1cc(Br)c[nH]1)N1CC[C@H](O)C1. The molecule has 14 heavy (non-hydrogen) atoms. The van der Waals surface area contributed by atoms with Crippen molar-refractivity contribution in [2.45, 2.75) is 12.5 Å². The van der Waals surface area contributed by atoms with Gasteiger partial charge in [-0.3, -0.25) is 4.79 Å². The van der Waals surface area contributed by atoms with Gasteiger partial charge in [-0.05, 0) is 28.4 Å². The number of aliphatic hydroxyl groups is 1. The van der Waals surface area contributed by atoms with Gasteiger partial charge in [0.15, 0.2) is 0 Å². The van der Waals surface area contributed by atoms with Crippen molar-refractivity contribution in [1.29, 1.82) is 0 Å². The van der Waals surface area contributed by atoms with Gasteiger partial charge in [0.05, 0.1) is 6.10 Å². The molecule has 1 aromatic heterocycles. The van der Waals surface area contributed by atoms with Crippen LogP contribution in [0.3, 0.4) is 0 Å². The van der Waals surface area contributed by atoms with Gasteiger partial charge in [-0.2, -0.15) is 0 Å². The Balaban J connectivity index is 2.09. The third kappa shape index (κ3) is 1.83. The lowest BCUT2D eigenvalue weighted by molar-refractivity contribution is 0.0760. The Bertz CT molecular complexity index is 350. The number of aromatic nitrogens is 1. The van der Waals surface area contributed by atoms with Crippen LogP contribution in [0.5, 0.6) is 0 Å². The van der Waals surface area contributed by atoms with Crippen LogP contribution in [0.2, 0.25) is 0 Å². The molecule has 1 aliphatic heterocycles. The van der Waals surface area contributed by atoms with Gasteiger partial charge >= 0.3 is 0 Å². The van der Waals surface area contributed by atoms with Crippen molar-refractivity contribution in [2.24, 2.45) is 0 Å². The molecular formula is C9H11BrN2O2. The molecule has 0 unspecified atom stereocenters. The average Bonchev–Trinajstić information content (AvgIpc) is 2.73. The van der Waals surface area contributed by atoms with Gasteiger partial charge in [0.2, 0.25) is 0 Å². The summed E-state index contributed by atoms with van der Waals surface area (Å²) in [5, 5.41) is 9.29. The Hall–Kier alpha value is -0.810. The number of halogens is 1. The van der Waals surface area contributed by atoms with Crippen molar-refractivity contribution in [3.05, 3.63) is 22.4 Å². The molecule has 0 aromatic carbocycles. The molecule has 1 saturated heterocycles. The summed E-state index contributed by atoms with van der Waals surface area (Å²) in [4.78, 5) is 16.3. The van der Waals surface area contributed by atoms with Crippen LogP contribution in [0.15, 0.2) is 16.7 Å². The maximum Gasteiger partial charge on any atom is 0.270 e. The first-order valence-corrected chi connectivity index (χ1v) is 5.27. The number of β-amino-alcohol motifs (C(OH)–C–C–N with tert-alkyl or cyclic N) is 1. The molecule has 0 bridgehead atoms. The number of aliphatic hydroxyl groups excluding tert-OH is 1. The number of nitrogens with one attached hydrogen (secondary N) is 1. The molecule has 4 nitrogen and oxygen atoms in total. The van der Waals surface area contributed by atoms with E-state index in [-0.39, 0.29) is 12.0 Å². The summed E-state index contributed by atoms with van der Waals surface area (Å²) < 4.78 is 0.862. The molecule has 1 aliphatic rings. The lowest BCUT2D eigenvalue weighted by atomic mass is 10.3. The maximum atomic E-state index is 11.8. The Morgan fingerprint density at radius 1 is 1.71 bits per heavy atom. The molecule has 1 atom stereocenters. The monoisotopic (exact) mass is 258 g/mol. The topological polar surface area (TPSA) is 56.3 Å². The number of likely N-dealkylation sites (tertiary alicyclic amines) is 1. The highest BCUT2D eigenvalue weighted by Gasteiger charge is 2.25. The minimum Gasteiger partial charge on any atom is -0.391 e. The number of H-pyrrole nitrogens is 1. The number of aromatic amines is 1. The van der Waals surface area contributed by atoms with Gasteiger partial charge in [0, 0.05) is 23.8 Å². The first-order chi connectivity index (χ1) is 6.66. The van der Waals surface area contributed by atoms with Crippen molar-refractivity contribution in [2.75, 3.05) is 13.1 Å². The first kappa shape index (κ1) is 9.73. The second-order valence-electron chi connectivity index (χ2n) is 3.43. The van der Waals surface area contributed by atoms with E-state index in [1.165, 1.54) is 0 Å². The quantitative estimate of drug-likeness (QED) is 0.790. The average molecular weight is 259 g/mol. The lowest BCUT2D eigenvalue weighted by Crippen LogP contribution is -2.29. The Morgan fingerprint density at radius 2 is 2.50 bits per heavy atom. The number of carbonyl (C=O) groups is 1. The van der Waals surface area contributed by atoms with E-state index in [2.05, 4.69) is 20.9 Å². The number of rotatable bonds is 1. The fourth-order valence-corrected chi connectivity index (χ4v) is 1.93. The summed E-state index contributed by atoms with van der Waals surface area (Å²) in [6.07, 6.45) is 2.03. The summed E-state index contributed by atoms with van der Waals surface area (Å²) in [6.45, 7) is 1.08. The second-order valence-corrected chi connectivity index (χ2v) is 4.34. The van der Waals surface area contributed by atoms with Gasteiger partial charge in [-0.15, -0.1) is 0 Å². The molecule has 2 heterocycles. The van der Waals surface area contributed by atoms with E-state index in [4.69, 9.17) is 0 Å². The molecule has 1 amide bonds. The molecule has 1 aromatic rings. The van der Waals surface area contributed by atoms with Crippen molar-refractivity contribution in [3.63, 3.8) is 0 Å². The smallest absolute Gasteiger partial charge is 0.270 e. The molecule has 5 heteroatoms. The predicted octanol–water partition coefficient (Wildman–Crippen LogP) is 0.984. The van der Waals surface area contributed by atoms with Crippen molar-refractivity contribution < 1.29 is 9.90 Å². The second kappa shape index (κ2) is 3.74. The minimum atomic E-state index is -0.364. The van der Waals surface area contributed by atoms with Gasteiger partial charge < -0.3 is 15.0 Å². The third-order valence-corrected chi connectivity index (χ3v) is 2.79. The highest BCUT2D eigenvalue weighted by atomic mass is 79.9. The largest absolute Gasteiger partial charge is 0.391 e. The standard InChI is InChI=1S/C9H11BrN2O2/c10-6-3-8(11-4-6)9(14)12-2-1-7(13)5-12/h3-4,7,11,13H,1-2,5H2/t7-/m0/s1. The Morgan fingerprint density at radius 3 is 3.00 bits per heavy atom. The summed E-state index contributed by atoms with van der Waals surface area (Å²) in [5.74, 6) is -0.0488. The van der Waals surface area contributed by atoms with Crippen LogP contribution in [-0.2, 0) is 0 Å². The molecule has 2 N–H and O–H groups in total. The van der Waals surface area contributed by atoms with Crippen molar-refractivity contribution >= 4 is 21.8 Å². The molecule has 0 aliphatic carbocycles. The zero-order valence-electron chi connectivity index (χ0n) is 7.53. The van der Waals surface area contributed by atoms with E-state index in [0.29, 0.717) is 25.2 Å².